The Labute approximate surface area is 335 Å². The monoisotopic (exact) mass is 741 g/mol. The van der Waals surface area contributed by atoms with Crippen LogP contribution in [0.5, 0.6) is 0 Å². The van der Waals surface area contributed by atoms with Crippen molar-refractivity contribution in [2.24, 2.45) is 0 Å². The molecule has 4 nitrogen and oxygen atoms in total. The Hall–Kier alpha value is -7.82. The average molecular weight is 742 g/mol. The highest BCUT2D eigenvalue weighted by Crippen LogP contribution is 2.47. The summed E-state index contributed by atoms with van der Waals surface area (Å²) in [5, 5.41) is 5.25. The van der Waals surface area contributed by atoms with Gasteiger partial charge in [0.2, 0.25) is 0 Å². The first-order valence-electron chi connectivity index (χ1n) is 19.6. The van der Waals surface area contributed by atoms with Gasteiger partial charge in [-0.25, -0.2) is 9.97 Å². The molecule has 58 heavy (non-hydrogen) atoms. The summed E-state index contributed by atoms with van der Waals surface area (Å²) < 4.78 is 7.04. The van der Waals surface area contributed by atoms with Gasteiger partial charge in [0.25, 0.3) is 0 Å². The number of hydrogen-bond donors (Lipinski definition) is 0. The maximum atomic E-state index is 7.04. The molecule has 0 aliphatic rings. The summed E-state index contributed by atoms with van der Waals surface area (Å²) in [7, 11) is 0. The summed E-state index contributed by atoms with van der Waals surface area (Å²) in [5.41, 5.74) is 12.9. The third kappa shape index (κ3) is 5.87. The normalized spacial score (nSPS) is 11.4. The number of para-hydroxylation sites is 2. The van der Waals surface area contributed by atoms with E-state index in [0.717, 1.165) is 94.2 Å². The fourth-order valence-electron chi connectivity index (χ4n) is 8.25. The Balaban J connectivity index is 1.16. The second kappa shape index (κ2) is 14.0. The summed E-state index contributed by atoms with van der Waals surface area (Å²) in [6.07, 6.45) is 0. The van der Waals surface area contributed by atoms with E-state index in [1.165, 1.54) is 5.56 Å². The van der Waals surface area contributed by atoms with Crippen LogP contribution in [0.25, 0.3) is 88.5 Å². The van der Waals surface area contributed by atoms with Crippen molar-refractivity contribution < 1.29 is 4.42 Å². The molecule has 0 fully saturated rings. The average Bonchev–Trinajstić information content (AvgIpc) is 3.68. The Morgan fingerprint density at radius 2 is 0.983 bits per heavy atom. The molecule has 0 N–H and O–H groups in total. The van der Waals surface area contributed by atoms with Crippen LogP contribution in [-0.4, -0.2) is 9.97 Å². The van der Waals surface area contributed by atoms with Crippen LogP contribution in [0.1, 0.15) is 0 Å². The smallest absolute Gasteiger partial charge is 0.161 e. The summed E-state index contributed by atoms with van der Waals surface area (Å²) >= 11 is 0. The highest BCUT2D eigenvalue weighted by molar-refractivity contribution is 6.19. The number of hydrogen-bond acceptors (Lipinski definition) is 4. The molecule has 0 saturated heterocycles. The number of furan rings is 1. The largest absolute Gasteiger partial charge is 0.454 e. The second-order valence-corrected chi connectivity index (χ2v) is 14.6. The van der Waals surface area contributed by atoms with Gasteiger partial charge >= 0.3 is 0 Å². The molecular weight excluding hydrogens is 707 g/mol. The fraction of sp³-hybridized carbons (Fsp3) is 0. The Morgan fingerprint density at radius 1 is 0.397 bits per heavy atom. The summed E-state index contributed by atoms with van der Waals surface area (Å²) in [6.45, 7) is 0. The van der Waals surface area contributed by atoms with Gasteiger partial charge in [-0.3, -0.25) is 0 Å². The minimum Gasteiger partial charge on any atom is -0.454 e. The lowest BCUT2D eigenvalue weighted by Gasteiger charge is -2.26. The third-order valence-electron chi connectivity index (χ3n) is 11.0. The van der Waals surface area contributed by atoms with Crippen LogP contribution >= 0.6 is 0 Å². The third-order valence-corrected chi connectivity index (χ3v) is 11.0. The molecule has 0 unspecified atom stereocenters. The first-order valence-corrected chi connectivity index (χ1v) is 19.6. The van der Waals surface area contributed by atoms with E-state index in [-0.39, 0.29) is 0 Å². The van der Waals surface area contributed by atoms with Gasteiger partial charge in [-0.2, -0.15) is 0 Å². The van der Waals surface area contributed by atoms with Crippen LogP contribution in [0.3, 0.4) is 0 Å². The Bertz CT molecular complexity index is 3270. The number of nitrogens with zero attached hydrogens (tertiary/aromatic N) is 3. The number of fused-ring (bicyclic) bond motifs is 5. The molecule has 0 spiro atoms. The van der Waals surface area contributed by atoms with Crippen molar-refractivity contribution in [3.05, 3.63) is 212 Å². The van der Waals surface area contributed by atoms with Gasteiger partial charge in [0, 0.05) is 38.7 Å². The van der Waals surface area contributed by atoms with Gasteiger partial charge in [-0.05, 0) is 93.7 Å². The minimum absolute atomic E-state index is 0.643. The predicted molar refractivity (Wildman–Crippen MR) is 241 cm³/mol. The van der Waals surface area contributed by atoms with Crippen molar-refractivity contribution >= 4 is 60.7 Å². The Kier molecular flexibility index (Phi) is 8.11. The molecule has 4 heteroatoms. The molecule has 2 heterocycles. The lowest BCUT2D eigenvalue weighted by Crippen LogP contribution is -2.10. The molecule has 9 aromatic carbocycles. The maximum absolute atomic E-state index is 7.04. The molecule has 0 aliphatic carbocycles. The first-order chi connectivity index (χ1) is 28.7. The van der Waals surface area contributed by atoms with Crippen molar-refractivity contribution in [3.63, 3.8) is 0 Å². The van der Waals surface area contributed by atoms with Crippen molar-refractivity contribution in [1.29, 1.82) is 0 Å². The summed E-state index contributed by atoms with van der Waals surface area (Å²) in [4.78, 5) is 13.0. The standard InChI is InChI=1S/C54H35N3O/c1-4-15-36(16-5-1)38-27-29-44(30-28-38)57(43-23-8-3-9-24-43)49-32-31-46(51-47-34-40-19-10-11-20-41(40)35-50(47)58-53(49)51)54-55-48-26-13-12-25-45(48)52(56-54)42-22-14-21-39(33-42)37-17-6-2-7-18-37/h1-35H. The molecule has 0 aliphatic heterocycles. The lowest BCUT2D eigenvalue weighted by atomic mass is 9.98. The number of rotatable bonds is 7. The Morgan fingerprint density at radius 3 is 1.74 bits per heavy atom. The van der Waals surface area contributed by atoms with Crippen molar-refractivity contribution in [1.82, 2.24) is 9.97 Å². The molecule has 2 aromatic heterocycles. The van der Waals surface area contributed by atoms with Crippen LogP contribution in [0.15, 0.2) is 217 Å². The highest BCUT2D eigenvalue weighted by Gasteiger charge is 2.24. The van der Waals surface area contributed by atoms with Crippen molar-refractivity contribution in [3.8, 4) is 44.9 Å². The van der Waals surface area contributed by atoms with Gasteiger partial charge in [-0.15, -0.1) is 0 Å². The topological polar surface area (TPSA) is 42.2 Å². The van der Waals surface area contributed by atoms with Crippen molar-refractivity contribution in [2.45, 2.75) is 0 Å². The zero-order valence-electron chi connectivity index (χ0n) is 31.5. The lowest BCUT2D eigenvalue weighted by molar-refractivity contribution is 0.669. The molecule has 11 aromatic rings. The molecule has 0 amide bonds. The molecule has 0 saturated carbocycles. The zero-order chi connectivity index (χ0) is 38.4. The summed E-state index contributed by atoms with van der Waals surface area (Å²) in [6, 6.07) is 74.3. The molecule has 0 bridgehead atoms. The van der Waals surface area contributed by atoms with E-state index < -0.39 is 0 Å². The van der Waals surface area contributed by atoms with E-state index in [4.69, 9.17) is 14.4 Å². The van der Waals surface area contributed by atoms with Crippen molar-refractivity contribution in [2.75, 3.05) is 4.90 Å². The maximum Gasteiger partial charge on any atom is 0.161 e. The van der Waals surface area contributed by atoms with E-state index in [2.05, 4.69) is 199 Å². The van der Waals surface area contributed by atoms with Gasteiger partial charge in [0.15, 0.2) is 11.4 Å². The van der Waals surface area contributed by atoms with E-state index in [9.17, 15) is 0 Å². The van der Waals surface area contributed by atoms with E-state index in [1.54, 1.807) is 0 Å². The fourth-order valence-corrected chi connectivity index (χ4v) is 8.25. The second-order valence-electron chi connectivity index (χ2n) is 14.6. The molecule has 11 rings (SSSR count). The predicted octanol–water partition coefficient (Wildman–Crippen LogP) is 14.8. The highest BCUT2D eigenvalue weighted by atomic mass is 16.3. The molecule has 272 valence electrons. The van der Waals surface area contributed by atoms with E-state index in [0.29, 0.717) is 5.82 Å². The number of anilines is 3. The van der Waals surface area contributed by atoms with Crippen LogP contribution in [-0.2, 0) is 0 Å². The quantitative estimate of drug-likeness (QED) is 0.163. The number of benzene rings is 9. The van der Waals surface area contributed by atoms with Gasteiger partial charge in [0.05, 0.1) is 16.9 Å². The zero-order valence-corrected chi connectivity index (χ0v) is 31.5. The molecular formula is C54H35N3O. The molecule has 0 atom stereocenters. The van der Waals surface area contributed by atoms with E-state index in [1.807, 2.05) is 18.2 Å². The minimum atomic E-state index is 0.643. The first kappa shape index (κ1) is 33.5. The van der Waals surface area contributed by atoms with E-state index >= 15 is 0 Å². The van der Waals surface area contributed by atoms with Crippen LogP contribution < -0.4 is 4.90 Å². The van der Waals surface area contributed by atoms with Gasteiger partial charge in [0.1, 0.15) is 5.58 Å². The number of aromatic nitrogens is 2. The van der Waals surface area contributed by atoms with Crippen LogP contribution in [0, 0.1) is 0 Å². The van der Waals surface area contributed by atoms with Crippen LogP contribution in [0.4, 0.5) is 17.1 Å². The summed E-state index contributed by atoms with van der Waals surface area (Å²) in [5.74, 6) is 0.643. The SMILES string of the molecule is c1ccc(-c2ccc(N(c3ccccc3)c3ccc(-c4nc(-c5cccc(-c6ccccc6)c5)c5ccccc5n4)c4c3oc3cc5ccccc5cc34)cc2)cc1. The molecule has 0 radical (unpaired) electrons. The van der Waals surface area contributed by atoms with Crippen LogP contribution in [0.2, 0.25) is 0 Å². The van der Waals surface area contributed by atoms with Gasteiger partial charge < -0.3 is 9.32 Å². The van der Waals surface area contributed by atoms with Gasteiger partial charge in [-0.1, -0.05) is 152 Å².